The van der Waals surface area contributed by atoms with E-state index in [0.717, 1.165) is 19.8 Å². The maximum Gasteiger partial charge on any atom is 0.345 e. The van der Waals surface area contributed by atoms with Crippen molar-refractivity contribution in [2.24, 2.45) is 0 Å². The van der Waals surface area contributed by atoms with E-state index in [4.69, 9.17) is 9.47 Å². The molecule has 0 aliphatic rings. The van der Waals surface area contributed by atoms with Crippen molar-refractivity contribution in [1.82, 2.24) is 0 Å². The fraction of sp³-hybridized carbons (Fsp3) is 0.238. The van der Waals surface area contributed by atoms with E-state index >= 15 is 0 Å². The zero-order valence-corrected chi connectivity index (χ0v) is 18.6. The molecule has 164 valence electrons. The Labute approximate surface area is 186 Å². The molecule has 0 heterocycles. The lowest BCUT2D eigenvalue weighted by molar-refractivity contribution is -0.384. The number of esters is 2. The van der Waals surface area contributed by atoms with Crippen molar-refractivity contribution < 1.29 is 33.5 Å². The van der Waals surface area contributed by atoms with Crippen LogP contribution in [0.25, 0.3) is 6.08 Å². The summed E-state index contributed by atoms with van der Waals surface area (Å²) in [5.74, 6) is -0.895. The molecule has 9 nitrogen and oxygen atoms in total. The van der Waals surface area contributed by atoms with Crippen LogP contribution in [0.1, 0.15) is 18.1 Å². The lowest BCUT2D eigenvalue weighted by Crippen LogP contribution is -2.15. The first-order chi connectivity index (χ1) is 14.8. The second-order valence-electron chi connectivity index (χ2n) is 6.02. The van der Waals surface area contributed by atoms with E-state index in [1.807, 2.05) is 0 Å². The number of hydrogen-bond donors (Lipinski definition) is 0. The molecule has 2 aromatic carbocycles. The molecule has 0 N–H and O–H groups in total. The molecule has 0 atom stereocenters. The van der Waals surface area contributed by atoms with Gasteiger partial charge in [-0.25, -0.2) is 9.59 Å². The Balaban J connectivity index is 2.34. The van der Waals surface area contributed by atoms with Gasteiger partial charge in [-0.15, -0.1) is 0 Å². The monoisotopic (exact) mass is 493 g/mol. The quantitative estimate of drug-likeness (QED) is 0.128. The first-order valence-electron chi connectivity index (χ1n) is 9.01. The van der Waals surface area contributed by atoms with Crippen LogP contribution >= 0.6 is 15.9 Å². The second-order valence-corrected chi connectivity index (χ2v) is 6.87. The number of non-ortho nitro benzene ring substituents is 1. The fourth-order valence-corrected chi connectivity index (χ4v) is 3.11. The van der Waals surface area contributed by atoms with Crippen molar-refractivity contribution in [3.63, 3.8) is 0 Å². The van der Waals surface area contributed by atoms with Crippen molar-refractivity contribution in [1.29, 1.82) is 0 Å². The average Bonchev–Trinajstić information content (AvgIpc) is 2.76. The van der Waals surface area contributed by atoms with Crippen LogP contribution in [0.15, 0.2) is 46.4 Å². The van der Waals surface area contributed by atoms with Crippen LogP contribution in [0.2, 0.25) is 0 Å². The van der Waals surface area contributed by atoms with Crippen LogP contribution in [0, 0.1) is 10.1 Å². The molecule has 2 aromatic rings. The van der Waals surface area contributed by atoms with E-state index in [0.29, 0.717) is 28.1 Å². The number of carbonyl (C=O) groups excluding carboxylic acids is 2. The molecule has 10 heteroatoms. The maximum atomic E-state index is 11.9. The zero-order chi connectivity index (χ0) is 23.0. The number of rotatable bonds is 9. The second kappa shape index (κ2) is 11.1. The molecule has 0 amide bonds. The zero-order valence-electron chi connectivity index (χ0n) is 17.0. The van der Waals surface area contributed by atoms with Gasteiger partial charge in [0.15, 0.2) is 11.5 Å². The predicted molar refractivity (Wildman–Crippen MR) is 115 cm³/mol. The Bertz CT molecular complexity index is 983. The van der Waals surface area contributed by atoms with Gasteiger partial charge in [0.2, 0.25) is 0 Å². The Morgan fingerprint density at radius 3 is 2.19 bits per heavy atom. The van der Waals surface area contributed by atoms with E-state index in [-0.39, 0.29) is 17.9 Å². The standard InChI is InChI=1S/C21H20BrNO8/c1-4-30-18-11-14(9-16(20(24)28-2)21(25)29-3)10-17(22)19(18)31-12-13-5-7-15(8-6-13)23(26)27/h5-11H,4,12H2,1-3H3. The summed E-state index contributed by atoms with van der Waals surface area (Å²) < 4.78 is 21.3. The summed E-state index contributed by atoms with van der Waals surface area (Å²) in [6, 6.07) is 9.23. The van der Waals surface area contributed by atoms with Gasteiger partial charge < -0.3 is 18.9 Å². The predicted octanol–water partition coefficient (Wildman–Crippen LogP) is 4.06. The third-order valence-electron chi connectivity index (χ3n) is 3.98. The summed E-state index contributed by atoms with van der Waals surface area (Å²) in [6.45, 7) is 2.28. The van der Waals surface area contributed by atoms with Crippen LogP contribution in [0.3, 0.4) is 0 Å². The van der Waals surface area contributed by atoms with Crippen molar-refractivity contribution >= 4 is 39.6 Å². The van der Waals surface area contributed by atoms with Crippen LogP contribution in [0.5, 0.6) is 11.5 Å². The van der Waals surface area contributed by atoms with Crippen molar-refractivity contribution in [2.45, 2.75) is 13.5 Å². The lowest BCUT2D eigenvalue weighted by atomic mass is 10.1. The summed E-state index contributed by atoms with van der Waals surface area (Å²) in [5, 5.41) is 10.8. The topological polar surface area (TPSA) is 114 Å². The molecule has 0 fully saturated rings. The Morgan fingerprint density at radius 1 is 1.06 bits per heavy atom. The normalized spacial score (nSPS) is 10.1. The first kappa shape index (κ1) is 23.9. The molecular formula is C21H20BrNO8. The molecule has 0 unspecified atom stereocenters. The minimum atomic E-state index is -0.834. The van der Waals surface area contributed by atoms with E-state index in [9.17, 15) is 19.7 Å². The third-order valence-corrected chi connectivity index (χ3v) is 4.57. The Hall–Kier alpha value is -3.40. The first-order valence-corrected chi connectivity index (χ1v) is 9.80. The number of halogens is 1. The molecule has 0 aliphatic carbocycles. The van der Waals surface area contributed by atoms with Gasteiger partial charge in [-0.2, -0.15) is 0 Å². The van der Waals surface area contributed by atoms with E-state index in [1.165, 1.54) is 18.2 Å². The number of carbonyl (C=O) groups is 2. The minimum Gasteiger partial charge on any atom is -0.490 e. The Kier molecular flexibility index (Phi) is 8.56. The van der Waals surface area contributed by atoms with Crippen molar-refractivity contribution in [3.8, 4) is 11.5 Å². The smallest absolute Gasteiger partial charge is 0.345 e. The highest BCUT2D eigenvalue weighted by molar-refractivity contribution is 9.10. The average molecular weight is 494 g/mol. The number of ether oxygens (including phenoxy) is 4. The highest BCUT2D eigenvalue weighted by Gasteiger charge is 2.21. The fourth-order valence-electron chi connectivity index (χ4n) is 2.53. The number of nitrogens with zero attached hydrogens (tertiary/aromatic N) is 1. The van der Waals surface area contributed by atoms with Gasteiger partial charge in [-0.1, -0.05) is 0 Å². The SMILES string of the molecule is CCOc1cc(C=C(C(=O)OC)C(=O)OC)cc(Br)c1OCc1ccc([N+](=O)[O-])cc1. The van der Waals surface area contributed by atoms with Crippen LogP contribution in [0.4, 0.5) is 5.69 Å². The van der Waals surface area contributed by atoms with Crippen molar-refractivity contribution in [2.75, 3.05) is 20.8 Å². The number of nitro groups is 1. The van der Waals surface area contributed by atoms with E-state index < -0.39 is 16.9 Å². The van der Waals surface area contributed by atoms with E-state index in [1.54, 1.807) is 31.2 Å². The number of benzene rings is 2. The van der Waals surface area contributed by atoms with E-state index in [2.05, 4.69) is 25.4 Å². The summed E-state index contributed by atoms with van der Waals surface area (Å²) in [4.78, 5) is 34.1. The molecule has 0 radical (unpaired) electrons. The van der Waals surface area contributed by atoms with Gasteiger partial charge in [0.25, 0.3) is 5.69 Å². The van der Waals surface area contributed by atoms with Crippen molar-refractivity contribution in [3.05, 3.63) is 67.7 Å². The van der Waals surface area contributed by atoms with Gasteiger partial charge in [-0.3, -0.25) is 10.1 Å². The molecule has 0 aromatic heterocycles. The van der Waals surface area contributed by atoms with Crippen LogP contribution in [-0.2, 0) is 25.7 Å². The van der Waals surface area contributed by atoms with Gasteiger partial charge in [-0.05, 0) is 64.3 Å². The Morgan fingerprint density at radius 2 is 1.68 bits per heavy atom. The molecule has 0 saturated heterocycles. The summed E-state index contributed by atoms with van der Waals surface area (Å²) >= 11 is 3.41. The van der Waals surface area contributed by atoms with Gasteiger partial charge >= 0.3 is 11.9 Å². The molecule has 31 heavy (non-hydrogen) atoms. The highest BCUT2D eigenvalue weighted by Crippen LogP contribution is 2.38. The summed E-state index contributed by atoms with van der Waals surface area (Å²) in [6.07, 6.45) is 1.32. The number of nitro benzene ring substituents is 1. The highest BCUT2D eigenvalue weighted by atomic mass is 79.9. The van der Waals surface area contributed by atoms with Gasteiger partial charge in [0.05, 0.1) is 30.2 Å². The number of hydrogen-bond acceptors (Lipinski definition) is 8. The van der Waals surface area contributed by atoms with Crippen LogP contribution in [-0.4, -0.2) is 37.7 Å². The molecule has 0 aliphatic heterocycles. The molecule has 0 spiro atoms. The molecule has 0 bridgehead atoms. The van der Waals surface area contributed by atoms with Crippen LogP contribution < -0.4 is 9.47 Å². The maximum absolute atomic E-state index is 11.9. The third kappa shape index (κ3) is 6.29. The number of methoxy groups -OCH3 is 2. The summed E-state index contributed by atoms with van der Waals surface area (Å²) in [7, 11) is 2.32. The lowest BCUT2D eigenvalue weighted by Gasteiger charge is -2.15. The largest absolute Gasteiger partial charge is 0.490 e. The molecular weight excluding hydrogens is 474 g/mol. The van der Waals surface area contributed by atoms with Gasteiger partial charge in [0.1, 0.15) is 12.2 Å². The molecule has 0 saturated carbocycles. The molecule has 2 rings (SSSR count). The minimum absolute atomic E-state index is 0.0110. The summed E-state index contributed by atoms with van der Waals surface area (Å²) in [5.41, 5.74) is 0.911. The van der Waals surface area contributed by atoms with Gasteiger partial charge in [0, 0.05) is 12.1 Å².